The van der Waals surface area contributed by atoms with E-state index >= 15 is 0 Å². The van der Waals surface area contributed by atoms with Crippen LogP contribution in [0.2, 0.25) is 0 Å². The molecule has 0 heteroatoms. The van der Waals surface area contributed by atoms with Crippen molar-refractivity contribution >= 4 is 0 Å². The lowest BCUT2D eigenvalue weighted by atomic mass is 9.70. The molecule has 2 rings (SSSR count). The highest BCUT2D eigenvalue weighted by Gasteiger charge is 2.44. The van der Waals surface area contributed by atoms with Gasteiger partial charge in [0.05, 0.1) is 0 Å². The summed E-state index contributed by atoms with van der Waals surface area (Å²) in [6, 6.07) is 0. The van der Waals surface area contributed by atoms with Crippen LogP contribution in [0.25, 0.3) is 0 Å². The monoisotopic (exact) mass is 178 g/mol. The van der Waals surface area contributed by atoms with Gasteiger partial charge in [0.15, 0.2) is 0 Å². The molecule has 74 valence electrons. The van der Waals surface area contributed by atoms with Gasteiger partial charge in [-0.15, -0.1) is 0 Å². The number of rotatable bonds is 0. The molecule has 1 saturated carbocycles. The van der Waals surface area contributed by atoms with Crippen molar-refractivity contribution in [2.75, 3.05) is 0 Å². The van der Waals surface area contributed by atoms with Gasteiger partial charge in [-0.1, -0.05) is 25.5 Å². The van der Waals surface area contributed by atoms with Crippen LogP contribution >= 0.6 is 0 Å². The third-order valence-electron chi connectivity index (χ3n) is 4.24. The lowest BCUT2D eigenvalue weighted by molar-refractivity contribution is 0.267. The average Bonchev–Trinajstić information content (AvgIpc) is 2.35. The third kappa shape index (κ3) is 1.56. The number of hydrogen-bond donors (Lipinski definition) is 0. The summed E-state index contributed by atoms with van der Waals surface area (Å²) in [7, 11) is 0. The molecule has 0 aromatic rings. The number of allylic oxidation sites excluding steroid dienone is 2. The summed E-state index contributed by atoms with van der Waals surface area (Å²) in [5, 5.41) is 0. The van der Waals surface area contributed by atoms with Gasteiger partial charge in [-0.25, -0.2) is 0 Å². The predicted molar refractivity (Wildman–Crippen MR) is 57.7 cm³/mol. The van der Waals surface area contributed by atoms with Gasteiger partial charge in [0, 0.05) is 0 Å². The Hall–Kier alpha value is -0.260. The van der Waals surface area contributed by atoms with Crippen molar-refractivity contribution in [1.29, 1.82) is 0 Å². The van der Waals surface area contributed by atoms with Crippen LogP contribution in [0, 0.1) is 10.8 Å². The highest BCUT2D eigenvalue weighted by Crippen LogP contribution is 2.56. The molecule has 1 atom stereocenters. The smallest absolute Gasteiger partial charge is 0.00855 e. The molecular formula is C13H22. The normalized spacial score (nSPS) is 37.9. The molecule has 1 spiro atoms. The summed E-state index contributed by atoms with van der Waals surface area (Å²) in [6.07, 6.45) is 11.0. The molecule has 2 aliphatic rings. The van der Waals surface area contributed by atoms with Crippen molar-refractivity contribution in [2.24, 2.45) is 10.8 Å². The molecular weight excluding hydrogens is 156 g/mol. The molecule has 0 radical (unpaired) electrons. The Morgan fingerprint density at radius 2 is 1.92 bits per heavy atom. The maximum absolute atomic E-state index is 2.49. The molecule has 0 bridgehead atoms. The van der Waals surface area contributed by atoms with E-state index in [2.05, 4.69) is 26.8 Å². The first-order valence-electron chi connectivity index (χ1n) is 5.71. The van der Waals surface area contributed by atoms with E-state index in [9.17, 15) is 0 Å². The van der Waals surface area contributed by atoms with E-state index in [4.69, 9.17) is 0 Å². The van der Waals surface area contributed by atoms with Crippen LogP contribution in [0.3, 0.4) is 0 Å². The first kappa shape index (κ1) is 9.30. The molecule has 0 aromatic carbocycles. The fourth-order valence-corrected chi connectivity index (χ4v) is 3.39. The highest BCUT2D eigenvalue weighted by molar-refractivity contribution is 5.18. The van der Waals surface area contributed by atoms with Gasteiger partial charge >= 0.3 is 0 Å². The molecule has 13 heavy (non-hydrogen) atoms. The fraction of sp³-hybridized carbons (Fsp3) is 0.846. The zero-order chi connectivity index (χ0) is 9.53. The Morgan fingerprint density at radius 1 is 1.15 bits per heavy atom. The zero-order valence-electron chi connectivity index (χ0n) is 9.32. The second kappa shape index (κ2) is 2.87. The van der Waals surface area contributed by atoms with Crippen LogP contribution < -0.4 is 0 Å². The largest absolute Gasteiger partial charge is 0.0850 e. The van der Waals surface area contributed by atoms with Crippen LogP contribution in [-0.4, -0.2) is 0 Å². The van der Waals surface area contributed by atoms with Crippen molar-refractivity contribution in [3.63, 3.8) is 0 Å². The van der Waals surface area contributed by atoms with Gasteiger partial charge in [-0.2, -0.15) is 0 Å². The van der Waals surface area contributed by atoms with E-state index < -0.39 is 0 Å². The minimum Gasteiger partial charge on any atom is -0.0850 e. The first-order valence-corrected chi connectivity index (χ1v) is 5.71. The molecule has 0 saturated heterocycles. The first-order chi connectivity index (χ1) is 6.04. The fourth-order valence-electron chi connectivity index (χ4n) is 3.39. The molecule has 0 amide bonds. The van der Waals surface area contributed by atoms with Crippen molar-refractivity contribution in [3.05, 3.63) is 11.6 Å². The molecule has 0 aliphatic heterocycles. The van der Waals surface area contributed by atoms with E-state index in [1.807, 2.05) is 0 Å². The van der Waals surface area contributed by atoms with Crippen LogP contribution in [0.4, 0.5) is 0 Å². The molecule has 0 N–H and O–H groups in total. The molecule has 1 fully saturated rings. The Morgan fingerprint density at radius 3 is 2.46 bits per heavy atom. The van der Waals surface area contributed by atoms with Crippen molar-refractivity contribution < 1.29 is 0 Å². The SMILES string of the molecule is CC1=CCCCC12CCC(C)(C)C2. The topological polar surface area (TPSA) is 0 Å². The minimum absolute atomic E-state index is 0.604. The average molecular weight is 178 g/mol. The van der Waals surface area contributed by atoms with Gasteiger partial charge in [0.2, 0.25) is 0 Å². The molecule has 1 unspecified atom stereocenters. The van der Waals surface area contributed by atoms with Gasteiger partial charge < -0.3 is 0 Å². The maximum atomic E-state index is 2.49. The maximum Gasteiger partial charge on any atom is -0.00855 e. The van der Waals surface area contributed by atoms with Crippen LogP contribution in [0.5, 0.6) is 0 Å². The summed E-state index contributed by atoms with van der Waals surface area (Å²) < 4.78 is 0. The van der Waals surface area contributed by atoms with Crippen LogP contribution in [0.1, 0.15) is 59.3 Å². The second-order valence-electron chi connectivity index (χ2n) is 5.90. The van der Waals surface area contributed by atoms with E-state index in [0.29, 0.717) is 10.8 Å². The Labute approximate surface area is 82.4 Å². The Balaban J connectivity index is 2.22. The lowest BCUT2D eigenvalue weighted by Crippen LogP contribution is -2.22. The summed E-state index contributed by atoms with van der Waals surface area (Å²) in [4.78, 5) is 0. The Kier molecular flexibility index (Phi) is 2.05. The van der Waals surface area contributed by atoms with E-state index in [-0.39, 0.29) is 0 Å². The van der Waals surface area contributed by atoms with E-state index in [1.165, 1.54) is 38.5 Å². The van der Waals surface area contributed by atoms with Gasteiger partial charge in [0.1, 0.15) is 0 Å². The second-order valence-corrected chi connectivity index (χ2v) is 5.90. The molecule has 0 heterocycles. The highest BCUT2D eigenvalue weighted by atomic mass is 14.5. The summed E-state index contributed by atoms with van der Waals surface area (Å²) in [5.41, 5.74) is 2.93. The third-order valence-corrected chi connectivity index (χ3v) is 4.24. The lowest BCUT2D eigenvalue weighted by Gasteiger charge is -2.35. The standard InChI is InChI=1S/C13H22/c1-11-6-4-5-7-13(11)9-8-12(2,3)10-13/h6H,4-5,7-10H2,1-3H3. The minimum atomic E-state index is 0.604. The zero-order valence-corrected chi connectivity index (χ0v) is 9.32. The molecule has 0 nitrogen and oxygen atoms in total. The number of hydrogen-bond acceptors (Lipinski definition) is 0. The van der Waals surface area contributed by atoms with Gasteiger partial charge in [-0.05, 0) is 56.3 Å². The summed E-state index contributed by atoms with van der Waals surface area (Å²) >= 11 is 0. The quantitative estimate of drug-likeness (QED) is 0.485. The summed E-state index contributed by atoms with van der Waals surface area (Å²) in [5.74, 6) is 0. The molecule has 0 aromatic heterocycles. The predicted octanol–water partition coefficient (Wildman–Crippen LogP) is 4.31. The van der Waals surface area contributed by atoms with Crippen molar-refractivity contribution in [3.8, 4) is 0 Å². The molecule has 2 aliphatic carbocycles. The summed E-state index contributed by atoms with van der Waals surface area (Å²) in [6.45, 7) is 7.23. The van der Waals surface area contributed by atoms with Crippen molar-refractivity contribution in [2.45, 2.75) is 59.3 Å². The Bertz CT molecular complexity index is 234. The van der Waals surface area contributed by atoms with E-state index in [0.717, 1.165) is 0 Å². The van der Waals surface area contributed by atoms with Crippen LogP contribution in [-0.2, 0) is 0 Å². The van der Waals surface area contributed by atoms with Gasteiger partial charge in [-0.3, -0.25) is 0 Å². The van der Waals surface area contributed by atoms with Crippen LogP contribution in [0.15, 0.2) is 11.6 Å². The van der Waals surface area contributed by atoms with Gasteiger partial charge in [0.25, 0.3) is 0 Å². The van der Waals surface area contributed by atoms with Crippen molar-refractivity contribution in [1.82, 2.24) is 0 Å². The van der Waals surface area contributed by atoms with E-state index in [1.54, 1.807) is 5.57 Å².